The van der Waals surface area contributed by atoms with Crippen LogP contribution in [0.25, 0.3) is 0 Å². The molecule has 0 saturated carbocycles. The first-order chi connectivity index (χ1) is 24.0. The number of ether oxygens (including phenoxy) is 2. The summed E-state index contributed by atoms with van der Waals surface area (Å²) < 4.78 is 13.4. The van der Waals surface area contributed by atoms with Crippen LogP contribution in [-0.4, -0.2) is 74.7 Å². The van der Waals surface area contributed by atoms with E-state index in [-0.39, 0.29) is 22.6 Å². The lowest BCUT2D eigenvalue weighted by Gasteiger charge is -2.25. The molecule has 0 saturated heterocycles. The maximum absolute atomic E-state index is 12.4. The van der Waals surface area contributed by atoms with Crippen LogP contribution in [0.1, 0.15) is 83.9 Å². The second-order valence-electron chi connectivity index (χ2n) is 14.2. The number of amides is 2. The minimum Gasteiger partial charge on any atom is -0.377 e. The van der Waals surface area contributed by atoms with Gasteiger partial charge in [0.2, 0.25) is 17.5 Å². The average molecular weight is 684 g/mol. The number of rotatable bonds is 19. The Morgan fingerprint density at radius 3 is 2.28 bits per heavy atom. The fourth-order valence-corrected chi connectivity index (χ4v) is 7.07. The molecule has 0 bridgehead atoms. The van der Waals surface area contributed by atoms with Gasteiger partial charge in [0.1, 0.15) is 6.54 Å². The normalized spacial score (nSPS) is 16.9. The van der Waals surface area contributed by atoms with E-state index in [1.54, 1.807) is 0 Å². The van der Waals surface area contributed by atoms with Gasteiger partial charge in [-0.15, -0.1) is 0 Å². The van der Waals surface area contributed by atoms with Crippen molar-refractivity contribution in [1.82, 2.24) is 10.6 Å². The monoisotopic (exact) mass is 683 g/mol. The highest BCUT2D eigenvalue weighted by molar-refractivity contribution is 6.03. The Kier molecular flexibility index (Phi) is 14.2. The summed E-state index contributed by atoms with van der Waals surface area (Å²) in [4.78, 5) is 25.6. The van der Waals surface area contributed by atoms with E-state index >= 15 is 0 Å². The SMILES string of the molecule is CCN1\C(=C/C=C/C=C/C2=[N+](CCCCCC(=O)NCCOCCOCCNC(C)=O)c3ccc(C)cc3C2(C)C)C(C)(C)c2ccccc21. The Morgan fingerprint density at radius 2 is 1.56 bits per heavy atom. The number of allylic oxidation sites excluding steroid dienone is 6. The molecule has 0 aromatic heterocycles. The van der Waals surface area contributed by atoms with Crippen LogP contribution < -0.4 is 15.5 Å². The van der Waals surface area contributed by atoms with Gasteiger partial charge in [0.25, 0.3) is 0 Å². The molecule has 2 aliphatic heterocycles. The van der Waals surface area contributed by atoms with Gasteiger partial charge in [0.15, 0.2) is 5.71 Å². The molecule has 50 heavy (non-hydrogen) atoms. The molecule has 4 rings (SSSR count). The number of nitrogens with one attached hydrogen (secondary N) is 2. The van der Waals surface area contributed by atoms with Crippen LogP contribution in [0.3, 0.4) is 0 Å². The fourth-order valence-electron chi connectivity index (χ4n) is 7.07. The molecule has 2 aromatic carbocycles. The largest absolute Gasteiger partial charge is 0.377 e. The molecule has 270 valence electrons. The minimum absolute atomic E-state index is 0.0405. The van der Waals surface area contributed by atoms with Gasteiger partial charge in [-0.25, -0.2) is 0 Å². The maximum Gasteiger partial charge on any atom is 0.220 e. The van der Waals surface area contributed by atoms with Crippen LogP contribution in [0, 0.1) is 6.92 Å². The summed E-state index contributed by atoms with van der Waals surface area (Å²) in [6.07, 6.45) is 14.4. The molecule has 2 amide bonds. The number of carbonyl (C=O) groups excluding carboxylic acids is 2. The number of unbranched alkanes of at least 4 members (excludes halogenated alkanes) is 2. The van der Waals surface area contributed by atoms with Crippen molar-refractivity contribution in [2.24, 2.45) is 0 Å². The van der Waals surface area contributed by atoms with Crippen LogP contribution >= 0.6 is 0 Å². The fraction of sp³-hybridized carbons (Fsp3) is 0.500. The van der Waals surface area contributed by atoms with Crippen LogP contribution in [0.5, 0.6) is 0 Å². The Bertz CT molecular complexity index is 1600. The molecule has 0 spiro atoms. The lowest BCUT2D eigenvalue weighted by atomic mass is 9.81. The Labute approximate surface area is 300 Å². The molecule has 0 aliphatic carbocycles. The summed E-state index contributed by atoms with van der Waals surface area (Å²) in [5.41, 5.74) is 9.09. The zero-order valence-corrected chi connectivity index (χ0v) is 31.4. The first kappa shape index (κ1) is 38.8. The minimum atomic E-state index is -0.112. The maximum atomic E-state index is 12.4. The van der Waals surface area contributed by atoms with E-state index < -0.39 is 0 Å². The number of para-hydroxylation sites is 1. The Hall–Kier alpha value is -4.01. The highest BCUT2D eigenvalue weighted by Gasteiger charge is 2.44. The van der Waals surface area contributed by atoms with Crippen molar-refractivity contribution in [3.8, 4) is 0 Å². The van der Waals surface area contributed by atoms with Crippen molar-refractivity contribution >= 4 is 28.9 Å². The van der Waals surface area contributed by atoms with Crippen molar-refractivity contribution < 1.29 is 23.6 Å². The summed E-state index contributed by atoms with van der Waals surface area (Å²) in [5.74, 6) is -0.00268. The zero-order chi connectivity index (χ0) is 36.1. The lowest BCUT2D eigenvalue weighted by Crippen LogP contribution is -2.28. The van der Waals surface area contributed by atoms with Crippen LogP contribution in [0.2, 0.25) is 0 Å². The predicted molar refractivity (Wildman–Crippen MR) is 205 cm³/mol. The van der Waals surface area contributed by atoms with Crippen molar-refractivity contribution in [1.29, 1.82) is 0 Å². The van der Waals surface area contributed by atoms with Crippen LogP contribution in [0.4, 0.5) is 11.4 Å². The summed E-state index contributed by atoms with van der Waals surface area (Å²) >= 11 is 0. The van der Waals surface area contributed by atoms with Gasteiger partial charge in [-0.05, 0) is 64.3 Å². The molecule has 0 fully saturated rings. The number of hydrogen-bond acceptors (Lipinski definition) is 5. The molecule has 2 aliphatic rings. The molecule has 0 atom stereocenters. The van der Waals surface area contributed by atoms with E-state index in [2.05, 4.69) is 134 Å². The molecule has 2 heterocycles. The van der Waals surface area contributed by atoms with Gasteiger partial charge in [0, 0.05) is 73.9 Å². The highest BCUT2D eigenvalue weighted by Crippen LogP contribution is 2.47. The van der Waals surface area contributed by atoms with Gasteiger partial charge in [-0.2, -0.15) is 4.58 Å². The van der Waals surface area contributed by atoms with E-state index in [4.69, 9.17) is 9.47 Å². The van der Waals surface area contributed by atoms with Gasteiger partial charge in [0.05, 0.1) is 31.8 Å². The lowest BCUT2D eigenvalue weighted by molar-refractivity contribution is -0.438. The molecule has 2 aromatic rings. The number of aryl methyl sites for hydroxylation is 1. The van der Waals surface area contributed by atoms with Crippen LogP contribution in [0.15, 0.2) is 78.5 Å². The average Bonchev–Trinajstić information content (AvgIpc) is 3.42. The molecule has 8 heteroatoms. The first-order valence-electron chi connectivity index (χ1n) is 18.3. The molecule has 2 N–H and O–H groups in total. The van der Waals surface area contributed by atoms with Gasteiger partial charge in [-0.1, -0.05) is 61.9 Å². The van der Waals surface area contributed by atoms with Gasteiger partial charge in [-0.3, -0.25) is 9.59 Å². The second kappa shape index (κ2) is 18.3. The van der Waals surface area contributed by atoms with E-state index in [0.717, 1.165) is 32.4 Å². The van der Waals surface area contributed by atoms with Gasteiger partial charge >= 0.3 is 0 Å². The number of anilines is 1. The topological polar surface area (TPSA) is 82.9 Å². The van der Waals surface area contributed by atoms with Crippen molar-refractivity contribution in [2.75, 3.05) is 57.5 Å². The number of benzene rings is 2. The summed E-state index contributed by atoms with van der Waals surface area (Å²) in [5, 5.41) is 5.63. The van der Waals surface area contributed by atoms with Gasteiger partial charge < -0.3 is 25.0 Å². The quantitative estimate of drug-likeness (QED) is 0.0944. The van der Waals surface area contributed by atoms with E-state index in [1.165, 1.54) is 46.4 Å². The number of carbonyl (C=O) groups is 2. The van der Waals surface area contributed by atoms with E-state index in [1.807, 2.05) is 0 Å². The van der Waals surface area contributed by atoms with E-state index in [0.29, 0.717) is 45.9 Å². The molecule has 0 radical (unpaired) electrons. The Balaban J connectivity index is 1.28. The summed E-state index contributed by atoms with van der Waals surface area (Å²) in [6.45, 7) is 19.8. The number of hydrogen-bond donors (Lipinski definition) is 2. The van der Waals surface area contributed by atoms with Crippen molar-refractivity contribution in [3.63, 3.8) is 0 Å². The smallest absolute Gasteiger partial charge is 0.220 e. The third-order valence-electron chi connectivity index (χ3n) is 9.74. The summed E-state index contributed by atoms with van der Waals surface area (Å²) in [7, 11) is 0. The molecular weight excluding hydrogens is 624 g/mol. The molecule has 8 nitrogen and oxygen atoms in total. The van der Waals surface area contributed by atoms with Crippen LogP contribution in [-0.2, 0) is 29.9 Å². The highest BCUT2D eigenvalue weighted by atomic mass is 16.5. The van der Waals surface area contributed by atoms with Crippen molar-refractivity contribution in [3.05, 3.63) is 95.2 Å². The zero-order valence-electron chi connectivity index (χ0n) is 31.4. The van der Waals surface area contributed by atoms with E-state index in [9.17, 15) is 9.59 Å². The summed E-state index contributed by atoms with van der Waals surface area (Å²) in [6, 6.07) is 15.5. The number of fused-ring (bicyclic) bond motifs is 2. The molecule has 0 unspecified atom stereocenters. The third kappa shape index (κ3) is 9.82. The Morgan fingerprint density at radius 1 is 0.840 bits per heavy atom. The number of nitrogens with zero attached hydrogens (tertiary/aromatic N) is 2. The predicted octanol–water partition coefficient (Wildman–Crippen LogP) is 7.03. The third-order valence-corrected chi connectivity index (χ3v) is 9.74. The standard InChI is InChI=1S/C42H58N4O4/c1-8-45-36-18-15-14-17-34(36)41(4,5)38(45)19-11-9-12-20-39-42(6,7)35-31-32(2)22-23-37(35)46(39)26-16-10-13-21-40(48)44-25-28-50-30-29-49-27-24-43-33(3)47/h9,11-12,14-15,17-20,22-23,31H,8,10,13,16,21,24-30H2,1-7H3,(H-,43,44,47,48)/p+1. The van der Waals surface area contributed by atoms with Crippen molar-refractivity contribution in [2.45, 2.75) is 85.0 Å². The first-order valence-corrected chi connectivity index (χ1v) is 18.3. The second-order valence-corrected chi connectivity index (χ2v) is 14.2. The number of likely N-dealkylation sites (N-methyl/N-ethyl adjacent to an activating group) is 1. The molecular formula is C42H59N4O4+.